The molecule has 19 heavy (non-hydrogen) atoms. The Morgan fingerprint density at radius 2 is 2.26 bits per heavy atom. The van der Waals surface area contributed by atoms with Gasteiger partial charge in [0.05, 0.1) is 18.5 Å². The van der Waals surface area contributed by atoms with Crippen LogP contribution < -0.4 is 10.5 Å². The Labute approximate surface area is 113 Å². The van der Waals surface area contributed by atoms with E-state index >= 15 is 0 Å². The van der Waals surface area contributed by atoms with E-state index in [9.17, 15) is 0 Å². The molecular formula is C14H20N4O. The van der Waals surface area contributed by atoms with Crippen molar-refractivity contribution in [2.75, 3.05) is 13.2 Å². The summed E-state index contributed by atoms with van der Waals surface area (Å²) in [4.78, 5) is 0. The van der Waals surface area contributed by atoms with E-state index in [0.717, 1.165) is 30.8 Å². The molecular weight excluding hydrogens is 240 g/mol. The van der Waals surface area contributed by atoms with E-state index < -0.39 is 0 Å². The lowest BCUT2D eigenvalue weighted by Crippen LogP contribution is -2.12. The van der Waals surface area contributed by atoms with E-state index in [4.69, 9.17) is 10.5 Å². The van der Waals surface area contributed by atoms with Gasteiger partial charge in [0, 0.05) is 19.4 Å². The van der Waals surface area contributed by atoms with E-state index in [2.05, 4.69) is 23.3 Å². The minimum absolute atomic E-state index is 0.618. The van der Waals surface area contributed by atoms with Crippen molar-refractivity contribution in [2.45, 2.75) is 26.3 Å². The Morgan fingerprint density at radius 3 is 3.05 bits per heavy atom. The third-order valence-corrected chi connectivity index (χ3v) is 2.87. The van der Waals surface area contributed by atoms with Crippen LogP contribution in [0, 0.1) is 6.92 Å². The SMILES string of the molecule is Cc1cccc(OCCCn2nncc2CCN)c1. The molecule has 0 amide bonds. The summed E-state index contributed by atoms with van der Waals surface area (Å²) in [7, 11) is 0. The number of ether oxygens (including phenoxy) is 1. The Kier molecular flexibility index (Phi) is 4.92. The lowest BCUT2D eigenvalue weighted by atomic mass is 10.2. The number of rotatable bonds is 7. The van der Waals surface area contributed by atoms with Gasteiger partial charge in [-0.25, -0.2) is 4.68 Å². The van der Waals surface area contributed by atoms with Gasteiger partial charge in [-0.1, -0.05) is 17.3 Å². The van der Waals surface area contributed by atoms with Crippen LogP contribution in [0.4, 0.5) is 0 Å². The number of nitrogens with two attached hydrogens (primary N) is 1. The molecule has 1 heterocycles. The minimum Gasteiger partial charge on any atom is -0.494 e. The quantitative estimate of drug-likeness (QED) is 0.767. The van der Waals surface area contributed by atoms with E-state index in [1.807, 2.05) is 22.9 Å². The van der Waals surface area contributed by atoms with Crippen LogP contribution in [0.15, 0.2) is 30.5 Å². The summed E-state index contributed by atoms with van der Waals surface area (Å²) in [5.41, 5.74) is 7.83. The first-order chi connectivity index (χ1) is 9.29. The lowest BCUT2D eigenvalue weighted by molar-refractivity contribution is 0.296. The van der Waals surface area contributed by atoms with Gasteiger partial charge in [0.1, 0.15) is 5.75 Å². The molecule has 5 heteroatoms. The molecule has 0 aliphatic heterocycles. The van der Waals surface area contributed by atoms with E-state index in [-0.39, 0.29) is 0 Å². The Bertz CT molecular complexity index is 510. The maximum Gasteiger partial charge on any atom is 0.119 e. The fraction of sp³-hybridized carbons (Fsp3) is 0.429. The van der Waals surface area contributed by atoms with Gasteiger partial charge in [0.15, 0.2) is 0 Å². The molecule has 2 N–H and O–H groups in total. The zero-order valence-corrected chi connectivity index (χ0v) is 11.2. The highest BCUT2D eigenvalue weighted by molar-refractivity contribution is 5.27. The van der Waals surface area contributed by atoms with Gasteiger partial charge in [-0.05, 0) is 31.2 Å². The molecule has 102 valence electrons. The summed E-state index contributed by atoms with van der Waals surface area (Å²) in [6, 6.07) is 8.07. The van der Waals surface area contributed by atoms with Crippen molar-refractivity contribution in [3.63, 3.8) is 0 Å². The molecule has 0 radical (unpaired) electrons. The smallest absolute Gasteiger partial charge is 0.119 e. The normalized spacial score (nSPS) is 10.6. The standard InChI is InChI=1S/C14H20N4O/c1-12-4-2-5-14(10-12)19-9-3-8-18-13(6-7-15)11-16-17-18/h2,4-5,10-11H,3,6-9,15H2,1H3. The van der Waals surface area contributed by atoms with Crippen LogP contribution in [0.5, 0.6) is 5.75 Å². The molecule has 2 rings (SSSR count). The van der Waals surface area contributed by atoms with Gasteiger partial charge >= 0.3 is 0 Å². The average molecular weight is 260 g/mol. The van der Waals surface area contributed by atoms with Gasteiger partial charge in [0.25, 0.3) is 0 Å². The Morgan fingerprint density at radius 1 is 1.37 bits per heavy atom. The average Bonchev–Trinajstić information content (AvgIpc) is 2.83. The van der Waals surface area contributed by atoms with Crippen LogP contribution in [0.3, 0.4) is 0 Å². The maximum atomic E-state index is 5.70. The minimum atomic E-state index is 0.618. The van der Waals surface area contributed by atoms with Gasteiger partial charge in [-0.2, -0.15) is 0 Å². The van der Waals surface area contributed by atoms with Gasteiger partial charge in [-0.3, -0.25) is 0 Å². The molecule has 1 aromatic carbocycles. The zero-order valence-electron chi connectivity index (χ0n) is 11.2. The van der Waals surface area contributed by atoms with Crippen molar-refractivity contribution in [1.29, 1.82) is 0 Å². The number of nitrogens with zero attached hydrogens (tertiary/aromatic N) is 3. The largest absolute Gasteiger partial charge is 0.494 e. The summed E-state index contributed by atoms with van der Waals surface area (Å²) in [5.74, 6) is 0.917. The van der Waals surface area contributed by atoms with Gasteiger partial charge in [-0.15, -0.1) is 5.10 Å². The van der Waals surface area contributed by atoms with Gasteiger partial charge < -0.3 is 10.5 Å². The van der Waals surface area contributed by atoms with Crippen LogP contribution in [-0.4, -0.2) is 28.1 Å². The summed E-state index contributed by atoms with van der Waals surface area (Å²) in [6.07, 6.45) is 3.48. The molecule has 2 aromatic rings. The fourth-order valence-corrected chi connectivity index (χ4v) is 1.92. The molecule has 5 nitrogen and oxygen atoms in total. The maximum absolute atomic E-state index is 5.70. The number of aromatic nitrogens is 3. The second-order valence-electron chi connectivity index (χ2n) is 4.51. The highest BCUT2D eigenvalue weighted by Gasteiger charge is 2.02. The first-order valence-corrected chi connectivity index (χ1v) is 6.56. The Hall–Kier alpha value is -1.88. The van der Waals surface area contributed by atoms with Crippen LogP contribution in [0.1, 0.15) is 17.7 Å². The summed E-state index contributed by atoms with van der Waals surface area (Å²) < 4.78 is 7.59. The van der Waals surface area contributed by atoms with Crippen molar-refractivity contribution in [1.82, 2.24) is 15.0 Å². The van der Waals surface area contributed by atoms with Crippen molar-refractivity contribution in [3.8, 4) is 5.75 Å². The van der Waals surface area contributed by atoms with E-state index in [1.165, 1.54) is 5.56 Å². The second kappa shape index (κ2) is 6.89. The zero-order chi connectivity index (χ0) is 13.5. The second-order valence-corrected chi connectivity index (χ2v) is 4.51. The lowest BCUT2D eigenvalue weighted by Gasteiger charge is -2.08. The predicted octanol–water partition coefficient (Wildman–Crippen LogP) is 1.56. The first kappa shape index (κ1) is 13.5. The number of benzene rings is 1. The summed E-state index contributed by atoms with van der Waals surface area (Å²) in [5, 5.41) is 7.95. The first-order valence-electron chi connectivity index (χ1n) is 6.56. The van der Waals surface area contributed by atoms with Crippen molar-refractivity contribution >= 4 is 0 Å². The number of hydrogen-bond donors (Lipinski definition) is 1. The Balaban J connectivity index is 1.76. The molecule has 0 atom stereocenters. The summed E-state index contributed by atoms with van der Waals surface area (Å²) >= 11 is 0. The van der Waals surface area contributed by atoms with Crippen LogP contribution in [-0.2, 0) is 13.0 Å². The van der Waals surface area contributed by atoms with E-state index in [1.54, 1.807) is 6.20 Å². The third kappa shape index (κ3) is 4.06. The van der Waals surface area contributed by atoms with Crippen LogP contribution in [0.25, 0.3) is 0 Å². The topological polar surface area (TPSA) is 66.0 Å². The molecule has 0 aliphatic carbocycles. The van der Waals surface area contributed by atoms with Gasteiger partial charge in [0.2, 0.25) is 0 Å². The molecule has 1 aromatic heterocycles. The molecule has 0 unspecified atom stereocenters. The molecule has 0 aliphatic rings. The van der Waals surface area contributed by atoms with Crippen molar-refractivity contribution in [2.24, 2.45) is 5.73 Å². The third-order valence-electron chi connectivity index (χ3n) is 2.87. The highest BCUT2D eigenvalue weighted by Crippen LogP contribution is 2.12. The number of hydrogen-bond acceptors (Lipinski definition) is 4. The van der Waals surface area contributed by atoms with Crippen molar-refractivity contribution in [3.05, 3.63) is 41.7 Å². The highest BCUT2D eigenvalue weighted by atomic mass is 16.5. The predicted molar refractivity (Wildman–Crippen MR) is 74.1 cm³/mol. The van der Waals surface area contributed by atoms with Crippen LogP contribution >= 0.6 is 0 Å². The molecule has 0 bridgehead atoms. The number of aryl methyl sites for hydroxylation is 2. The monoisotopic (exact) mass is 260 g/mol. The molecule has 0 saturated heterocycles. The molecule has 0 spiro atoms. The fourth-order valence-electron chi connectivity index (χ4n) is 1.92. The van der Waals surface area contributed by atoms with Crippen LogP contribution in [0.2, 0.25) is 0 Å². The van der Waals surface area contributed by atoms with Crippen molar-refractivity contribution < 1.29 is 4.74 Å². The van der Waals surface area contributed by atoms with E-state index in [0.29, 0.717) is 13.2 Å². The molecule has 0 fully saturated rings. The summed E-state index contributed by atoms with van der Waals surface area (Å²) in [6.45, 7) is 4.15. The molecule has 0 saturated carbocycles.